The summed E-state index contributed by atoms with van der Waals surface area (Å²) in [5.41, 5.74) is 16.0. The van der Waals surface area contributed by atoms with E-state index in [-0.39, 0.29) is 5.41 Å². The van der Waals surface area contributed by atoms with Crippen LogP contribution in [0.25, 0.3) is 55.3 Å². The number of anilines is 3. The molecule has 51 heavy (non-hydrogen) atoms. The predicted molar refractivity (Wildman–Crippen MR) is 211 cm³/mol. The summed E-state index contributed by atoms with van der Waals surface area (Å²) in [6.45, 7) is 0. The summed E-state index contributed by atoms with van der Waals surface area (Å²) in [4.78, 5) is 2.52. The van der Waals surface area contributed by atoms with E-state index < -0.39 is 0 Å². The Bertz CT molecular complexity index is 2620. The van der Waals surface area contributed by atoms with Crippen LogP contribution in [-0.2, 0) is 5.41 Å². The minimum atomic E-state index is 0.0959. The first-order valence-corrected chi connectivity index (χ1v) is 18.5. The maximum absolute atomic E-state index is 6.54. The fourth-order valence-corrected chi connectivity index (χ4v) is 10.3. The molecule has 2 bridgehead atoms. The van der Waals surface area contributed by atoms with Gasteiger partial charge in [0.05, 0.1) is 11.4 Å². The molecule has 3 aliphatic rings. The average molecular weight is 656 g/mol. The van der Waals surface area contributed by atoms with Crippen LogP contribution in [0, 0.1) is 11.8 Å². The number of hydrogen-bond acceptors (Lipinski definition) is 2. The highest BCUT2D eigenvalue weighted by Crippen LogP contribution is 2.67. The summed E-state index contributed by atoms with van der Waals surface area (Å²) in [5.74, 6) is 1.52. The molecule has 3 aliphatic carbocycles. The van der Waals surface area contributed by atoms with Gasteiger partial charge in [-0.15, -0.1) is 0 Å². The normalized spacial score (nSPS) is 19.9. The van der Waals surface area contributed by atoms with E-state index in [1.54, 1.807) is 0 Å². The lowest BCUT2D eigenvalue weighted by molar-refractivity contribution is 0.327. The van der Waals surface area contributed by atoms with Crippen LogP contribution in [0.15, 0.2) is 168 Å². The highest BCUT2D eigenvalue weighted by Gasteiger charge is 2.57. The number of hydrogen-bond donors (Lipinski definition) is 0. The van der Waals surface area contributed by atoms with Crippen molar-refractivity contribution in [3.63, 3.8) is 0 Å². The first kappa shape index (κ1) is 28.9. The molecule has 7 aromatic carbocycles. The van der Waals surface area contributed by atoms with Crippen LogP contribution < -0.4 is 4.90 Å². The molecule has 0 N–H and O–H groups in total. The monoisotopic (exact) mass is 655 g/mol. The lowest BCUT2D eigenvalue weighted by Crippen LogP contribution is -2.31. The largest absolute Gasteiger partial charge is 0.456 e. The standard InChI is InChI=1S/C49H37NO/c1-3-12-33(13-4-1)35-23-27-44(41(29-35)34-14-5-2-6-15-34)50(37-25-26-39-38-16-8-10-21-46(38)51-47(39)30-37)45-20-11-19-43-48(45)40-17-7-9-18-42(40)49(43)31-32-22-24-36(49)28-32/h1-21,23,25-27,29-30,32,36H,22,24,28,31H2. The Balaban J connectivity index is 1.21. The highest BCUT2D eigenvalue weighted by molar-refractivity contribution is 6.07. The van der Waals surface area contributed by atoms with Gasteiger partial charge in [-0.2, -0.15) is 0 Å². The van der Waals surface area contributed by atoms with Crippen molar-refractivity contribution in [1.82, 2.24) is 0 Å². The van der Waals surface area contributed by atoms with Gasteiger partial charge in [-0.3, -0.25) is 0 Å². The van der Waals surface area contributed by atoms with Gasteiger partial charge < -0.3 is 9.32 Å². The highest BCUT2D eigenvalue weighted by atomic mass is 16.3. The van der Waals surface area contributed by atoms with Crippen molar-refractivity contribution >= 4 is 39.0 Å². The molecule has 2 saturated carbocycles. The van der Waals surface area contributed by atoms with Crippen molar-refractivity contribution in [2.45, 2.75) is 31.1 Å². The second-order valence-corrected chi connectivity index (χ2v) is 14.9. The van der Waals surface area contributed by atoms with Crippen molar-refractivity contribution in [3.8, 4) is 33.4 Å². The summed E-state index contributed by atoms with van der Waals surface area (Å²) in [7, 11) is 0. The molecule has 1 spiro atoms. The maximum atomic E-state index is 6.54. The second-order valence-electron chi connectivity index (χ2n) is 14.9. The van der Waals surface area contributed by atoms with E-state index in [0.29, 0.717) is 5.92 Å². The molecule has 2 fully saturated rings. The van der Waals surface area contributed by atoms with Gasteiger partial charge in [-0.1, -0.05) is 128 Å². The lowest BCUT2D eigenvalue weighted by Gasteiger charge is -2.37. The Labute approximate surface area is 298 Å². The molecule has 2 heteroatoms. The summed E-state index contributed by atoms with van der Waals surface area (Å²) in [6.07, 6.45) is 5.32. The number of para-hydroxylation sites is 1. The van der Waals surface area contributed by atoms with E-state index in [1.807, 2.05) is 0 Å². The Morgan fingerprint density at radius 3 is 2.08 bits per heavy atom. The van der Waals surface area contributed by atoms with Crippen LogP contribution in [0.4, 0.5) is 17.1 Å². The molecule has 0 amide bonds. The maximum Gasteiger partial charge on any atom is 0.137 e. The van der Waals surface area contributed by atoms with Crippen LogP contribution in [0.5, 0.6) is 0 Å². The Morgan fingerprint density at radius 2 is 1.25 bits per heavy atom. The minimum absolute atomic E-state index is 0.0959. The molecular formula is C49H37NO. The van der Waals surface area contributed by atoms with Crippen LogP contribution >= 0.6 is 0 Å². The molecule has 8 aromatic rings. The Hall–Kier alpha value is -5.86. The second kappa shape index (κ2) is 11.1. The summed E-state index contributed by atoms with van der Waals surface area (Å²) >= 11 is 0. The zero-order valence-electron chi connectivity index (χ0n) is 28.4. The van der Waals surface area contributed by atoms with Gasteiger partial charge in [0.15, 0.2) is 0 Å². The number of rotatable bonds is 5. The fraction of sp³-hybridized carbons (Fsp3) is 0.143. The third-order valence-electron chi connectivity index (χ3n) is 12.3. The fourth-order valence-electron chi connectivity index (χ4n) is 10.3. The van der Waals surface area contributed by atoms with Crippen LogP contribution in [-0.4, -0.2) is 0 Å². The first-order chi connectivity index (χ1) is 25.3. The van der Waals surface area contributed by atoms with E-state index in [1.165, 1.54) is 75.9 Å². The molecule has 0 aliphatic heterocycles. The zero-order valence-corrected chi connectivity index (χ0v) is 28.4. The van der Waals surface area contributed by atoms with E-state index in [4.69, 9.17) is 4.42 Å². The topological polar surface area (TPSA) is 16.4 Å². The summed E-state index contributed by atoms with van der Waals surface area (Å²) < 4.78 is 6.54. The molecule has 244 valence electrons. The molecule has 1 aromatic heterocycles. The summed E-state index contributed by atoms with van der Waals surface area (Å²) in [5, 5.41) is 2.29. The van der Waals surface area contributed by atoms with E-state index in [2.05, 4.69) is 169 Å². The van der Waals surface area contributed by atoms with E-state index in [0.717, 1.165) is 39.2 Å². The summed E-state index contributed by atoms with van der Waals surface area (Å²) in [6, 6.07) is 60.2. The Kier molecular flexibility index (Phi) is 6.28. The van der Waals surface area contributed by atoms with Gasteiger partial charge in [0.2, 0.25) is 0 Å². The SMILES string of the molecule is c1ccc(-c2ccc(N(c3ccc4c(c3)oc3ccccc34)c3cccc4c3-c3ccccc3C43CC4CCC3C4)c(-c3ccccc3)c2)cc1. The molecule has 0 saturated heterocycles. The molecule has 3 atom stereocenters. The molecule has 11 rings (SSSR count). The van der Waals surface area contributed by atoms with Crippen molar-refractivity contribution in [2.24, 2.45) is 11.8 Å². The van der Waals surface area contributed by atoms with Gasteiger partial charge in [0, 0.05) is 39.1 Å². The number of furan rings is 1. The van der Waals surface area contributed by atoms with Crippen molar-refractivity contribution in [1.29, 1.82) is 0 Å². The molecule has 3 unspecified atom stereocenters. The predicted octanol–water partition coefficient (Wildman–Crippen LogP) is 13.5. The quantitative estimate of drug-likeness (QED) is 0.183. The van der Waals surface area contributed by atoms with E-state index >= 15 is 0 Å². The third kappa shape index (κ3) is 4.23. The third-order valence-corrected chi connectivity index (χ3v) is 12.3. The van der Waals surface area contributed by atoms with Crippen LogP contribution in [0.1, 0.15) is 36.8 Å². The lowest BCUT2D eigenvalue weighted by atomic mass is 9.67. The van der Waals surface area contributed by atoms with Crippen molar-refractivity contribution < 1.29 is 4.42 Å². The molecule has 1 heterocycles. The van der Waals surface area contributed by atoms with Crippen LogP contribution in [0.3, 0.4) is 0 Å². The van der Waals surface area contributed by atoms with Gasteiger partial charge in [-0.25, -0.2) is 0 Å². The Morgan fingerprint density at radius 1 is 0.510 bits per heavy atom. The molecule has 2 nitrogen and oxygen atoms in total. The number of nitrogens with zero attached hydrogens (tertiary/aromatic N) is 1. The van der Waals surface area contributed by atoms with Gasteiger partial charge in [0.1, 0.15) is 11.2 Å². The molecule has 0 radical (unpaired) electrons. The van der Waals surface area contributed by atoms with E-state index in [9.17, 15) is 0 Å². The number of fused-ring (bicyclic) bond motifs is 11. The zero-order chi connectivity index (χ0) is 33.5. The average Bonchev–Trinajstić information content (AvgIpc) is 3.97. The van der Waals surface area contributed by atoms with Gasteiger partial charge >= 0.3 is 0 Å². The first-order valence-electron chi connectivity index (χ1n) is 18.5. The van der Waals surface area contributed by atoms with Crippen molar-refractivity contribution in [3.05, 3.63) is 175 Å². The number of benzene rings is 7. The van der Waals surface area contributed by atoms with Crippen molar-refractivity contribution in [2.75, 3.05) is 4.90 Å². The smallest absolute Gasteiger partial charge is 0.137 e. The van der Waals surface area contributed by atoms with Gasteiger partial charge in [-0.05, 0) is 101 Å². The minimum Gasteiger partial charge on any atom is -0.456 e. The van der Waals surface area contributed by atoms with Crippen LogP contribution in [0.2, 0.25) is 0 Å². The van der Waals surface area contributed by atoms with Gasteiger partial charge in [0.25, 0.3) is 0 Å². The molecular weight excluding hydrogens is 619 g/mol.